The Kier molecular flexibility index (Phi) is 6.00. The van der Waals surface area contributed by atoms with Gasteiger partial charge in [0.05, 0.1) is 12.0 Å². The minimum Gasteiger partial charge on any atom is -0.362 e. The molecule has 3 heteroatoms. The van der Waals surface area contributed by atoms with Crippen LogP contribution in [0.15, 0.2) is 109 Å². The fourth-order valence-corrected chi connectivity index (χ4v) is 3.68. The predicted molar refractivity (Wildman–Crippen MR) is 122 cm³/mol. The molecule has 0 aliphatic heterocycles. The number of aromatic nitrogens is 1. The van der Waals surface area contributed by atoms with E-state index < -0.39 is 5.92 Å². The molecule has 1 N–H and O–H groups in total. The molecular formula is C27H24N2O. The summed E-state index contributed by atoms with van der Waals surface area (Å²) in [7, 11) is 0. The standard InChI is InChI=1S/C27H24N2O/c1-20-15-17-22(18-16-20)26(29-24-14-8-9-19-28-24)25(21-10-4-2-5-11-21)27(30)23-12-6-3-7-13-23/h2-19,25-26H,1H3,(H,28,29)/t25-,26-/m0/s1. The van der Waals surface area contributed by atoms with Gasteiger partial charge < -0.3 is 5.32 Å². The van der Waals surface area contributed by atoms with E-state index in [1.807, 2.05) is 78.9 Å². The number of hydrogen-bond donors (Lipinski definition) is 1. The minimum absolute atomic E-state index is 0.0795. The van der Waals surface area contributed by atoms with E-state index in [1.165, 1.54) is 5.56 Å². The van der Waals surface area contributed by atoms with Gasteiger partial charge in [-0.25, -0.2) is 4.98 Å². The second-order valence-corrected chi connectivity index (χ2v) is 7.37. The average Bonchev–Trinajstić information content (AvgIpc) is 2.81. The first-order valence-corrected chi connectivity index (χ1v) is 10.1. The SMILES string of the molecule is Cc1ccc([C@H](Nc2ccccn2)[C@@H](C(=O)c2ccccc2)c2ccccc2)cc1. The molecule has 0 aliphatic rings. The van der Waals surface area contributed by atoms with E-state index in [9.17, 15) is 4.79 Å². The highest BCUT2D eigenvalue weighted by molar-refractivity contribution is 6.01. The summed E-state index contributed by atoms with van der Waals surface area (Å²) in [6.45, 7) is 2.06. The summed E-state index contributed by atoms with van der Waals surface area (Å²) in [5, 5.41) is 3.53. The van der Waals surface area contributed by atoms with E-state index in [0.717, 1.165) is 16.9 Å². The van der Waals surface area contributed by atoms with Crippen LogP contribution in [0.4, 0.5) is 5.82 Å². The van der Waals surface area contributed by atoms with Crippen LogP contribution in [0.25, 0.3) is 0 Å². The molecule has 2 atom stereocenters. The molecule has 0 amide bonds. The highest BCUT2D eigenvalue weighted by Gasteiger charge is 2.32. The molecule has 0 saturated heterocycles. The minimum atomic E-state index is -0.404. The molecule has 3 aromatic carbocycles. The van der Waals surface area contributed by atoms with Crippen molar-refractivity contribution >= 4 is 11.6 Å². The maximum absolute atomic E-state index is 13.8. The molecule has 0 unspecified atom stereocenters. The first-order valence-electron chi connectivity index (χ1n) is 10.1. The maximum atomic E-state index is 13.8. The third kappa shape index (κ3) is 4.47. The molecule has 0 spiro atoms. The Labute approximate surface area is 177 Å². The lowest BCUT2D eigenvalue weighted by Gasteiger charge is -2.29. The molecule has 0 fully saturated rings. The van der Waals surface area contributed by atoms with Crippen molar-refractivity contribution in [2.75, 3.05) is 5.32 Å². The quantitative estimate of drug-likeness (QED) is 0.380. The first kappa shape index (κ1) is 19.6. The van der Waals surface area contributed by atoms with Crippen LogP contribution in [0, 0.1) is 6.92 Å². The highest BCUT2D eigenvalue weighted by Crippen LogP contribution is 2.36. The number of Topliss-reactive ketones (excluding diaryl/α,β-unsaturated/α-hetero) is 1. The third-order valence-electron chi connectivity index (χ3n) is 5.24. The predicted octanol–water partition coefficient (Wildman–Crippen LogP) is 6.21. The summed E-state index contributed by atoms with van der Waals surface area (Å²) < 4.78 is 0. The zero-order valence-electron chi connectivity index (χ0n) is 16.9. The number of anilines is 1. The lowest BCUT2D eigenvalue weighted by molar-refractivity contribution is 0.0950. The van der Waals surface area contributed by atoms with Gasteiger partial charge in [-0.05, 0) is 30.2 Å². The van der Waals surface area contributed by atoms with Gasteiger partial charge in [-0.3, -0.25) is 4.79 Å². The Balaban J connectivity index is 1.83. The molecule has 3 nitrogen and oxygen atoms in total. The molecule has 30 heavy (non-hydrogen) atoms. The number of nitrogens with one attached hydrogen (secondary N) is 1. The number of carbonyl (C=O) groups is 1. The van der Waals surface area contributed by atoms with E-state index >= 15 is 0 Å². The van der Waals surface area contributed by atoms with Gasteiger partial charge >= 0.3 is 0 Å². The van der Waals surface area contributed by atoms with Crippen LogP contribution in [0.5, 0.6) is 0 Å². The molecular weight excluding hydrogens is 368 g/mol. The summed E-state index contributed by atoms with van der Waals surface area (Å²) in [6.07, 6.45) is 1.76. The van der Waals surface area contributed by atoms with Crippen molar-refractivity contribution in [1.82, 2.24) is 4.98 Å². The molecule has 0 radical (unpaired) electrons. The van der Waals surface area contributed by atoms with Gasteiger partial charge in [-0.15, -0.1) is 0 Å². The van der Waals surface area contributed by atoms with Crippen molar-refractivity contribution < 1.29 is 4.79 Å². The monoisotopic (exact) mass is 392 g/mol. The van der Waals surface area contributed by atoms with Crippen molar-refractivity contribution in [2.24, 2.45) is 0 Å². The molecule has 1 heterocycles. The molecule has 0 saturated carbocycles. The van der Waals surface area contributed by atoms with Crippen molar-refractivity contribution in [3.63, 3.8) is 0 Å². The number of pyridine rings is 1. The normalized spacial score (nSPS) is 12.7. The summed E-state index contributed by atoms with van der Waals surface area (Å²) in [5.41, 5.74) is 3.90. The van der Waals surface area contributed by atoms with Crippen LogP contribution in [-0.2, 0) is 0 Å². The van der Waals surface area contributed by atoms with Crippen molar-refractivity contribution in [3.05, 3.63) is 132 Å². The van der Waals surface area contributed by atoms with Crippen LogP contribution >= 0.6 is 0 Å². The number of benzene rings is 3. The van der Waals surface area contributed by atoms with E-state index in [1.54, 1.807) is 6.20 Å². The van der Waals surface area contributed by atoms with E-state index in [2.05, 4.69) is 41.5 Å². The Morgan fingerprint density at radius 3 is 2.00 bits per heavy atom. The Morgan fingerprint density at radius 1 is 0.733 bits per heavy atom. The van der Waals surface area contributed by atoms with Gasteiger partial charge in [-0.2, -0.15) is 0 Å². The Hall–Kier alpha value is -3.72. The topological polar surface area (TPSA) is 42.0 Å². The van der Waals surface area contributed by atoms with Crippen molar-refractivity contribution in [3.8, 4) is 0 Å². The van der Waals surface area contributed by atoms with Crippen molar-refractivity contribution in [1.29, 1.82) is 0 Å². The van der Waals surface area contributed by atoms with E-state index in [0.29, 0.717) is 5.56 Å². The van der Waals surface area contributed by atoms with Gasteiger partial charge in [0.25, 0.3) is 0 Å². The Bertz CT molecular complexity index is 1080. The maximum Gasteiger partial charge on any atom is 0.172 e. The summed E-state index contributed by atoms with van der Waals surface area (Å²) in [4.78, 5) is 18.2. The smallest absolute Gasteiger partial charge is 0.172 e. The van der Waals surface area contributed by atoms with Crippen LogP contribution < -0.4 is 5.32 Å². The fraction of sp³-hybridized carbons (Fsp3) is 0.111. The number of carbonyl (C=O) groups excluding carboxylic acids is 1. The average molecular weight is 393 g/mol. The van der Waals surface area contributed by atoms with Gasteiger partial charge in [-0.1, -0.05) is 96.6 Å². The number of hydrogen-bond acceptors (Lipinski definition) is 3. The van der Waals surface area contributed by atoms with Gasteiger partial charge in [0.2, 0.25) is 0 Å². The lowest BCUT2D eigenvalue weighted by atomic mass is 9.81. The zero-order valence-corrected chi connectivity index (χ0v) is 16.9. The lowest BCUT2D eigenvalue weighted by Crippen LogP contribution is -2.26. The molecule has 0 bridgehead atoms. The van der Waals surface area contributed by atoms with Gasteiger partial charge in [0, 0.05) is 11.8 Å². The summed E-state index contributed by atoms with van der Waals surface area (Å²) >= 11 is 0. The summed E-state index contributed by atoms with van der Waals surface area (Å²) in [5.74, 6) is 0.416. The van der Waals surface area contributed by atoms with Gasteiger partial charge in [0.1, 0.15) is 5.82 Å². The second kappa shape index (κ2) is 9.19. The van der Waals surface area contributed by atoms with E-state index in [4.69, 9.17) is 0 Å². The number of ketones is 1. The van der Waals surface area contributed by atoms with Gasteiger partial charge in [0.15, 0.2) is 5.78 Å². The largest absolute Gasteiger partial charge is 0.362 e. The number of nitrogens with zero attached hydrogens (tertiary/aromatic N) is 1. The van der Waals surface area contributed by atoms with Crippen molar-refractivity contribution in [2.45, 2.75) is 18.9 Å². The molecule has 4 aromatic rings. The highest BCUT2D eigenvalue weighted by atomic mass is 16.1. The fourth-order valence-electron chi connectivity index (χ4n) is 3.68. The van der Waals surface area contributed by atoms with Crippen LogP contribution in [0.1, 0.15) is 39.0 Å². The zero-order chi connectivity index (χ0) is 20.8. The summed E-state index contributed by atoms with van der Waals surface area (Å²) in [6, 6.07) is 33.3. The molecule has 0 aliphatic carbocycles. The number of aryl methyl sites for hydroxylation is 1. The van der Waals surface area contributed by atoms with Crippen LogP contribution in [0.2, 0.25) is 0 Å². The second-order valence-electron chi connectivity index (χ2n) is 7.37. The van der Waals surface area contributed by atoms with E-state index in [-0.39, 0.29) is 11.8 Å². The molecule has 4 rings (SSSR count). The molecule has 148 valence electrons. The number of rotatable bonds is 7. The first-order chi connectivity index (χ1) is 14.7. The Morgan fingerprint density at radius 2 is 1.37 bits per heavy atom. The molecule has 1 aromatic heterocycles. The third-order valence-corrected chi connectivity index (χ3v) is 5.24. The van der Waals surface area contributed by atoms with Crippen LogP contribution in [-0.4, -0.2) is 10.8 Å². The van der Waals surface area contributed by atoms with Crippen LogP contribution in [0.3, 0.4) is 0 Å².